The molecule has 0 atom stereocenters. The zero-order chi connectivity index (χ0) is 21.2. The van der Waals surface area contributed by atoms with Gasteiger partial charge in [0.05, 0.1) is 10.5 Å². The minimum Gasteiger partial charge on any atom is -0.488 e. The Labute approximate surface area is 172 Å². The fraction of sp³-hybridized carbons (Fsp3) is 0.409. The second-order valence-corrected chi connectivity index (χ2v) is 10.3. The van der Waals surface area contributed by atoms with Crippen LogP contribution in [0.3, 0.4) is 0 Å². The first kappa shape index (κ1) is 21.3. The van der Waals surface area contributed by atoms with E-state index < -0.39 is 15.9 Å². The summed E-state index contributed by atoms with van der Waals surface area (Å²) in [5.41, 5.74) is 7.79. The van der Waals surface area contributed by atoms with Crippen LogP contribution >= 0.6 is 0 Å². The largest absolute Gasteiger partial charge is 0.488 e. The van der Waals surface area contributed by atoms with Crippen LogP contribution in [0.5, 0.6) is 5.75 Å². The number of primary amides is 1. The molecule has 1 aliphatic rings. The molecule has 0 aromatic heterocycles. The van der Waals surface area contributed by atoms with Crippen molar-refractivity contribution < 1.29 is 17.9 Å². The average Bonchev–Trinajstić information content (AvgIpc) is 3.21. The molecule has 6 nitrogen and oxygen atoms in total. The molecule has 2 N–H and O–H groups in total. The number of carbonyl (C=O) groups excluding carboxylic acids is 1. The predicted molar refractivity (Wildman–Crippen MR) is 112 cm³/mol. The Morgan fingerprint density at radius 3 is 2.24 bits per heavy atom. The first-order valence-electron chi connectivity index (χ1n) is 9.75. The predicted octanol–water partition coefficient (Wildman–Crippen LogP) is 3.45. The van der Waals surface area contributed by atoms with E-state index in [4.69, 9.17) is 10.5 Å². The second kappa shape index (κ2) is 8.16. The maximum atomic E-state index is 12.7. The van der Waals surface area contributed by atoms with Crippen LogP contribution in [0.25, 0.3) is 0 Å². The molecule has 2 aromatic rings. The van der Waals surface area contributed by atoms with E-state index in [0.29, 0.717) is 13.1 Å². The maximum Gasteiger partial charge on any atom is 0.252 e. The number of carbonyl (C=O) groups is 1. The monoisotopic (exact) mass is 416 g/mol. The molecule has 1 saturated heterocycles. The van der Waals surface area contributed by atoms with Crippen molar-refractivity contribution in [2.75, 3.05) is 13.1 Å². The molecule has 0 bridgehead atoms. The van der Waals surface area contributed by atoms with Crippen molar-refractivity contribution in [2.24, 2.45) is 5.73 Å². The molecule has 0 spiro atoms. The third-order valence-corrected chi connectivity index (χ3v) is 7.03. The number of sulfonamides is 1. The van der Waals surface area contributed by atoms with Gasteiger partial charge in [0.2, 0.25) is 10.0 Å². The lowest BCUT2D eigenvalue weighted by Crippen LogP contribution is -2.28. The molecule has 156 valence electrons. The normalized spacial score (nSPS) is 15.4. The van der Waals surface area contributed by atoms with Crippen molar-refractivity contribution in [3.05, 3.63) is 59.2 Å². The van der Waals surface area contributed by atoms with E-state index in [0.717, 1.165) is 18.4 Å². The Hall–Kier alpha value is -2.38. The third-order valence-electron chi connectivity index (χ3n) is 5.13. The third kappa shape index (κ3) is 4.79. The number of benzene rings is 2. The lowest BCUT2D eigenvalue weighted by atomic mass is 9.87. The van der Waals surface area contributed by atoms with Gasteiger partial charge in [0, 0.05) is 13.1 Å². The van der Waals surface area contributed by atoms with E-state index in [2.05, 4.69) is 32.9 Å². The van der Waals surface area contributed by atoms with Crippen molar-refractivity contribution in [3.63, 3.8) is 0 Å². The van der Waals surface area contributed by atoms with Crippen LogP contribution in [-0.4, -0.2) is 31.7 Å². The highest BCUT2D eigenvalue weighted by molar-refractivity contribution is 7.89. The summed E-state index contributed by atoms with van der Waals surface area (Å²) >= 11 is 0. The molecule has 0 radical (unpaired) electrons. The number of nitrogens with zero attached hydrogens (tertiary/aromatic N) is 1. The number of hydrogen-bond acceptors (Lipinski definition) is 4. The van der Waals surface area contributed by atoms with Crippen molar-refractivity contribution >= 4 is 15.9 Å². The van der Waals surface area contributed by atoms with Gasteiger partial charge in [-0.05, 0) is 47.6 Å². The zero-order valence-corrected chi connectivity index (χ0v) is 18.0. The molecular formula is C22H28N2O4S. The summed E-state index contributed by atoms with van der Waals surface area (Å²) in [4.78, 5) is 12.0. The van der Waals surface area contributed by atoms with Crippen molar-refractivity contribution in [2.45, 2.75) is 50.5 Å². The van der Waals surface area contributed by atoms with Gasteiger partial charge >= 0.3 is 0 Å². The van der Waals surface area contributed by atoms with Gasteiger partial charge in [0.25, 0.3) is 5.91 Å². The molecule has 1 heterocycles. The topological polar surface area (TPSA) is 89.7 Å². The van der Waals surface area contributed by atoms with E-state index in [1.165, 1.54) is 28.1 Å². The van der Waals surface area contributed by atoms with E-state index in [1.807, 2.05) is 12.1 Å². The van der Waals surface area contributed by atoms with Crippen molar-refractivity contribution in [3.8, 4) is 5.75 Å². The van der Waals surface area contributed by atoms with Gasteiger partial charge in [0.1, 0.15) is 12.4 Å². The molecule has 0 unspecified atom stereocenters. The summed E-state index contributed by atoms with van der Waals surface area (Å²) in [5, 5.41) is 0. The minimum absolute atomic E-state index is 0.0647. The summed E-state index contributed by atoms with van der Waals surface area (Å²) in [6.07, 6.45) is 1.69. The molecule has 3 rings (SSSR count). The van der Waals surface area contributed by atoms with E-state index in [1.54, 1.807) is 0 Å². The summed E-state index contributed by atoms with van der Waals surface area (Å²) in [6.45, 7) is 7.69. The molecule has 7 heteroatoms. The highest BCUT2D eigenvalue weighted by Gasteiger charge is 2.28. The van der Waals surface area contributed by atoms with Crippen LogP contribution < -0.4 is 10.5 Å². The Morgan fingerprint density at radius 1 is 1.07 bits per heavy atom. The highest BCUT2D eigenvalue weighted by atomic mass is 32.2. The number of hydrogen-bond donors (Lipinski definition) is 1. The first-order chi connectivity index (χ1) is 13.6. The molecule has 0 saturated carbocycles. The molecule has 2 aromatic carbocycles. The SMILES string of the molecule is CC(C)(C)c1ccc(COc2ccc(S(=O)(=O)N3CCCC3)cc2C(N)=O)cc1. The minimum atomic E-state index is -3.63. The summed E-state index contributed by atoms with van der Waals surface area (Å²) in [5.74, 6) is -0.445. The molecule has 29 heavy (non-hydrogen) atoms. The van der Waals surface area contributed by atoms with Crippen LogP contribution in [0.2, 0.25) is 0 Å². The number of nitrogens with two attached hydrogens (primary N) is 1. The van der Waals surface area contributed by atoms with Crippen LogP contribution in [0.1, 0.15) is 55.1 Å². The first-order valence-corrected chi connectivity index (χ1v) is 11.2. The fourth-order valence-corrected chi connectivity index (χ4v) is 4.87. The van der Waals surface area contributed by atoms with Gasteiger partial charge in [-0.1, -0.05) is 45.0 Å². The van der Waals surface area contributed by atoms with E-state index in [-0.39, 0.29) is 28.2 Å². The number of ether oxygens (including phenoxy) is 1. The lowest BCUT2D eigenvalue weighted by Gasteiger charge is -2.19. The smallest absolute Gasteiger partial charge is 0.252 e. The Balaban J connectivity index is 1.80. The van der Waals surface area contributed by atoms with Gasteiger partial charge in [-0.3, -0.25) is 4.79 Å². The summed E-state index contributed by atoms with van der Waals surface area (Å²) < 4.78 is 32.7. The quantitative estimate of drug-likeness (QED) is 0.781. The van der Waals surface area contributed by atoms with E-state index in [9.17, 15) is 13.2 Å². The summed E-state index contributed by atoms with van der Waals surface area (Å²) in [7, 11) is -3.63. The van der Waals surface area contributed by atoms with Crippen molar-refractivity contribution in [1.29, 1.82) is 0 Å². The molecule has 1 aliphatic heterocycles. The van der Waals surface area contributed by atoms with Crippen LogP contribution in [-0.2, 0) is 22.0 Å². The number of amides is 1. The van der Waals surface area contributed by atoms with Gasteiger partial charge in [-0.2, -0.15) is 4.31 Å². The molecule has 1 fully saturated rings. The average molecular weight is 417 g/mol. The van der Waals surface area contributed by atoms with Gasteiger partial charge in [0.15, 0.2) is 0 Å². The molecular weight excluding hydrogens is 388 g/mol. The highest BCUT2D eigenvalue weighted by Crippen LogP contribution is 2.27. The van der Waals surface area contributed by atoms with Crippen LogP contribution in [0.15, 0.2) is 47.4 Å². The zero-order valence-electron chi connectivity index (χ0n) is 17.1. The Kier molecular flexibility index (Phi) is 6.00. The van der Waals surface area contributed by atoms with Crippen molar-refractivity contribution in [1.82, 2.24) is 4.31 Å². The lowest BCUT2D eigenvalue weighted by molar-refractivity contribution is 0.0995. The maximum absolute atomic E-state index is 12.7. The number of rotatable bonds is 6. The Bertz CT molecular complexity index is 986. The summed E-state index contributed by atoms with van der Waals surface area (Å²) in [6, 6.07) is 12.4. The van der Waals surface area contributed by atoms with Crippen LogP contribution in [0, 0.1) is 0 Å². The van der Waals surface area contributed by atoms with Gasteiger partial charge < -0.3 is 10.5 Å². The molecule has 0 aliphatic carbocycles. The second-order valence-electron chi connectivity index (χ2n) is 8.37. The van der Waals surface area contributed by atoms with Gasteiger partial charge in [-0.25, -0.2) is 8.42 Å². The standard InChI is InChI=1S/C22H28N2O4S/c1-22(2,3)17-8-6-16(7-9-17)15-28-20-11-10-18(14-19(20)21(23)25)29(26,27)24-12-4-5-13-24/h6-11,14H,4-5,12-13,15H2,1-3H3,(H2,23,25). The van der Waals surface area contributed by atoms with E-state index >= 15 is 0 Å². The van der Waals surface area contributed by atoms with Gasteiger partial charge in [-0.15, -0.1) is 0 Å². The van der Waals surface area contributed by atoms with Crippen LogP contribution in [0.4, 0.5) is 0 Å². The fourth-order valence-electron chi connectivity index (χ4n) is 3.33. The molecule has 1 amide bonds. The Morgan fingerprint density at radius 2 is 1.69 bits per heavy atom.